The molecule has 2 aliphatic rings. The van der Waals surface area contributed by atoms with E-state index in [2.05, 4.69) is 20.3 Å². The third kappa shape index (κ3) is 4.61. The summed E-state index contributed by atoms with van der Waals surface area (Å²) in [6.45, 7) is 3.57. The number of rotatable bonds is 6. The molecule has 3 aromatic heterocycles. The summed E-state index contributed by atoms with van der Waals surface area (Å²) in [4.78, 5) is 24.0. The van der Waals surface area contributed by atoms with Crippen LogP contribution in [-0.4, -0.2) is 58.0 Å². The van der Waals surface area contributed by atoms with Gasteiger partial charge in [0, 0.05) is 62.5 Å². The number of carbonyl (C=O) groups is 1. The molecular formula is C22H26N6O3. The monoisotopic (exact) mass is 422 g/mol. The Kier molecular flexibility index (Phi) is 5.66. The van der Waals surface area contributed by atoms with Crippen LogP contribution in [0.15, 0.2) is 47.3 Å². The zero-order valence-corrected chi connectivity index (χ0v) is 17.3. The van der Waals surface area contributed by atoms with Gasteiger partial charge >= 0.3 is 0 Å². The van der Waals surface area contributed by atoms with Gasteiger partial charge in [-0.25, -0.2) is 9.97 Å². The van der Waals surface area contributed by atoms with Crippen molar-refractivity contribution >= 4 is 11.9 Å². The van der Waals surface area contributed by atoms with Crippen molar-refractivity contribution in [1.29, 1.82) is 0 Å². The van der Waals surface area contributed by atoms with Crippen LogP contribution in [0.3, 0.4) is 0 Å². The lowest BCUT2D eigenvalue weighted by molar-refractivity contribution is 0.0845. The lowest BCUT2D eigenvalue weighted by Gasteiger charge is -2.23. The predicted molar refractivity (Wildman–Crippen MR) is 113 cm³/mol. The Bertz CT molecular complexity index is 1010. The molecule has 1 N–H and O–H groups in total. The van der Waals surface area contributed by atoms with E-state index >= 15 is 0 Å². The van der Waals surface area contributed by atoms with E-state index in [0.717, 1.165) is 50.7 Å². The molecule has 2 aliphatic heterocycles. The molecule has 31 heavy (non-hydrogen) atoms. The topological polar surface area (TPSA) is 98.3 Å². The Labute approximate surface area is 180 Å². The number of nitrogens with one attached hydrogen (secondary N) is 1. The van der Waals surface area contributed by atoms with Gasteiger partial charge in [0.05, 0.1) is 6.54 Å². The Balaban J connectivity index is 1.17. The summed E-state index contributed by atoms with van der Waals surface area (Å²) < 4.78 is 12.9. The number of hydrogen-bond donors (Lipinski definition) is 1. The lowest BCUT2D eigenvalue weighted by Crippen LogP contribution is -2.37. The first-order chi connectivity index (χ1) is 15.2. The first-order valence-electron chi connectivity index (χ1n) is 10.8. The van der Waals surface area contributed by atoms with Gasteiger partial charge in [0.1, 0.15) is 5.76 Å². The van der Waals surface area contributed by atoms with E-state index in [-0.39, 0.29) is 11.9 Å². The van der Waals surface area contributed by atoms with Crippen molar-refractivity contribution < 1.29 is 13.9 Å². The third-order valence-electron chi connectivity index (χ3n) is 5.87. The van der Waals surface area contributed by atoms with Crippen LogP contribution in [0.25, 0.3) is 0 Å². The number of amides is 1. The lowest BCUT2D eigenvalue weighted by atomic mass is 9.96. The van der Waals surface area contributed by atoms with Gasteiger partial charge in [-0.05, 0) is 43.5 Å². The van der Waals surface area contributed by atoms with E-state index in [1.807, 2.05) is 30.6 Å². The molecule has 1 unspecified atom stereocenters. The van der Waals surface area contributed by atoms with Crippen LogP contribution in [0.4, 0.5) is 5.95 Å². The predicted octanol–water partition coefficient (Wildman–Crippen LogP) is 2.22. The maximum absolute atomic E-state index is 12.6. The first kappa shape index (κ1) is 19.7. The maximum atomic E-state index is 12.6. The third-order valence-corrected chi connectivity index (χ3v) is 5.87. The average molecular weight is 422 g/mol. The normalized spacial score (nSPS) is 19.6. The van der Waals surface area contributed by atoms with Gasteiger partial charge in [0.15, 0.2) is 5.76 Å². The minimum atomic E-state index is -0.199. The van der Waals surface area contributed by atoms with Gasteiger partial charge in [-0.1, -0.05) is 0 Å². The number of ether oxygens (including phenoxy) is 1. The van der Waals surface area contributed by atoms with E-state index < -0.39 is 0 Å². The minimum Gasteiger partial charge on any atom is -0.454 e. The van der Waals surface area contributed by atoms with Crippen molar-refractivity contribution in [1.82, 2.24) is 25.1 Å². The smallest absolute Gasteiger partial charge is 0.287 e. The summed E-state index contributed by atoms with van der Waals surface area (Å²) in [7, 11) is 0. The molecule has 0 spiro atoms. The van der Waals surface area contributed by atoms with Gasteiger partial charge in [0.25, 0.3) is 5.91 Å². The number of nitrogens with zero attached hydrogens (tertiary/aromatic N) is 5. The van der Waals surface area contributed by atoms with Crippen LogP contribution < -0.4 is 10.2 Å². The van der Waals surface area contributed by atoms with Crippen molar-refractivity contribution in [2.24, 2.45) is 0 Å². The molecule has 0 bridgehead atoms. The highest BCUT2D eigenvalue weighted by molar-refractivity contribution is 5.91. The van der Waals surface area contributed by atoms with Crippen LogP contribution in [-0.2, 0) is 11.3 Å². The van der Waals surface area contributed by atoms with Crippen LogP contribution in [0.2, 0.25) is 0 Å². The Hall–Kier alpha value is -3.20. The Morgan fingerprint density at radius 2 is 2.06 bits per heavy atom. The summed E-state index contributed by atoms with van der Waals surface area (Å²) in [6.07, 6.45) is 8.25. The minimum absolute atomic E-state index is 0.0301. The standard InChI is InChI=1S/C22H26N6O3/c29-21(20-3-2-18(31-20)15-28-10-1-8-24-28)25-17-5-11-27(14-17)22-23-9-4-19(26-22)16-6-12-30-13-7-16/h1-4,8-10,16-17H,5-7,11-15H2,(H,25,29). The molecule has 3 aromatic rings. The molecule has 0 aliphatic carbocycles. The number of furan rings is 1. The fourth-order valence-corrected chi connectivity index (χ4v) is 4.19. The van der Waals surface area contributed by atoms with Crippen molar-refractivity contribution in [3.63, 3.8) is 0 Å². The Morgan fingerprint density at radius 3 is 2.90 bits per heavy atom. The molecule has 2 fully saturated rings. The van der Waals surface area contributed by atoms with Crippen LogP contribution >= 0.6 is 0 Å². The van der Waals surface area contributed by atoms with Gasteiger partial charge in [-0.2, -0.15) is 5.10 Å². The van der Waals surface area contributed by atoms with E-state index in [0.29, 0.717) is 30.5 Å². The number of aromatic nitrogens is 4. The van der Waals surface area contributed by atoms with E-state index in [9.17, 15) is 4.79 Å². The molecule has 2 saturated heterocycles. The summed E-state index contributed by atoms with van der Waals surface area (Å²) in [5, 5.41) is 7.23. The summed E-state index contributed by atoms with van der Waals surface area (Å²) in [6, 6.07) is 7.41. The molecule has 9 nitrogen and oxygen atoms in total. The summed E-state index contributed by atoms with van der Waals surface area (Å²) in [5.41, 5.74) is 1.08. The zero-order chi connectivity index (χ0) is 21.0. The van der Waals surface area contributed by atoms with Crippen molar-refractivity contribution in [3.05, 3.63) is 60.1 Å². The van der Waals surface area contributed by atoms with E-state index in [1.54, 1.807) is 16.9 Å². The molecule has 1 atom stereocenters. The molecule has 0 saturated carbocycles. The van der Waals surface area contributed by atoms with Crippen LogP contribution in [0, 0.1) is 0 Å². The van der Waals surface area contributed by atoms with Crippen molar-refractivity contribution in [3.8, 4) is 0 Å². The van der Waals surface area contributed by atoms with E-state index in [1.165, 1.54) is 0 Å². The molecule has 9 heteroatoms. The molecule has 162 valence electrons. The fraction of sp³-hybridized carbons (Fsp3) is 0.455. The molecule has 1 amide bonds. The van der Waals surface area contributed by atoms with Crippen LogP contribution in [0.1, 0.15) is 47.2 Å². The second kappa shape index (κ2) is 8.89. The summed E-state index contributed by atoms with van der Waals surface area (Å²) in [5.74, 6) is 1.98. The molecule has 5 rings (SSSR count). The van der Waals surface area contributed by atoms with Crippen LogP contribution in [0.5, 0.6) is 0 Å². The molecule has 5 heterocycles. The van der Waals surface area contributed by atoms with Gasteiger partial charge in [-0.3, -0.25) is 9.48 Å². The van der Waals surface area contributed by atoms with Crippen molar-refractivity contribution in [2.75, 3.05) is 31.2 Å². The first-order valence-corrected chi connectivity index (χ1v) is 10.8. The van der Waals surface area contributed by atoms with Gasteiger partial charge in [0.2, 0.25) is 5.95 Å². The Morgan fingerprint density at radius 1 is 1.16 bits per heavy atom. The molecule has 0 aromatic carbocycles. The molecular weight excluding hydrogens is 396 g/mol. The second-order valence-electron chi connectivity index (χ2n) is 8.04. The van der Waals surface area contributed by atoms with Crippen molar-refractivity contribution in [2.45, 2.75) is 37.8 Å². The highest BCUT2D eigenvalue weighted by Gasteiger charge is 2.27. The number of hydrogen-bond acceptors (Lipinski definition) is 7. The SMILES string of the molecule is O=C(NC1CCN(c2nccc(C3CCOCC3)n2)C1)c1ccc(Cn2cccn2)o1. The highest BCUT2D eigenvalue weighted by Crippen LogP contribution is 2.27. The largest absolute Gasteiger partial charge is 0.454 e. The quantitative estimate of drug-likeness (QED) is 0.650. The van der Waals surface area contributed by atoms with E-state index in [4.69, 9.17) is 14.1 Å². The maximum Gasteiger partial charge on any atom is 0.287 e. The highest BCUT2D eigenvalue weighted by atomic mass is 16.5. The molecule has 0 radical (unpaired) electrons. The summed E-state index contributed by atoms with van der Waals surface area (Å²) >= 11 is 0. The number of anilines is 1. The fourth-order valence-electron chi connectivity index (χ4n) is 4.19. The second-order valence-corrected chi connectivity index (χ2v) is 8.04. The zero-order valence-electron chi connectivity index (χ0n) is 17.3. The van der Waals surface area contributed by atoms with Gasteiger partial charge in [-0.15, -0.1) is 0 Å². The van der Waals surface area contributed by atoms with Gasteiger partial charge < -0.3 is 19.4 Å². The number of carbonyl (C=O) groups excluding carboxylic acids is 1. The average Bonchev–Trinajstić information content (AvgIpc) is 3.57.